The molecule has 0 fully saturated rings. The zero-order valence-corrected chi connectivity index (χ0v) is 59.0. The van der Waals surface area contributed by atoms with Gasteiger partial charge in [0.25, 0.3) is 0 Å². The normalized spacial score (nSPS) is 12.0. The highest BCUT2D eigenvalue weighted by molar-refractivity contribution is 6.80. The van der Waals surface area contributed by atoms with Gasteiger partial charge in [-0.3, -0.25) is 0 Å². The van der Waals surface area contributed by atoms with Crippen molar-refractivity contribution in [3.05, 3.63) is 0 Å². The van der Waals surface area contributed by atoms with Crippen LogP contribution < -0.4 is 175 Å². The van der Waals surface area contributed by atoms with Crippen molar-refractivity contribution < 1.29 is 0 Å². The monoisotopic (exact) mass is 1060 g/mol. The molecule has 0 amide bonds. The van der Waals surface area contributed by atoms with Gasteiger partial charge in [-0.2, -0.15) is 0 Å². The van der Waals surface area contributed by atoms with Crippen molar-refractivity contribution >= 4 is 501 Å². The van der Waals surface area contributed by atoms with Crippen LogP contribution in [-0.2, 0) is 0 Å². The van der Waals surface area contributed by atoms with Crippen LogP contribution in [0.5, 0.6) is 0 Å². The van der Waals surface area contributed by atoms with Gasteiger partial charge in [0, 0.05) is 0 Å². The highest BCUT2D eigenvalue weighted by Gasteiger charge is 2.35. The molecule has 0 aliphatic rings. The maximum atomic E-state index is 2.58. The number of fused-ring (bicyclic) bond motifs is 1. The smallest absolute Gasteiger partial charge is 0.102 e. The predicted octanol–water partition coefficient (Wildman–Crippen LogP) is -40.4. The molecule has 12 aromatic carbocycles. The minimum Gasteiger partial charge on any atom is -0.102 e. The first kappa shape index (κ1) is 61.3. The molecule has 0 N–H and O–H groups in total. The molecule has 12 aromatic rings. The van der Waals surface area contributed by atoms with Crippen LogP contribution in [0.3, 0.4) is 0 Å². The predicted molar refractivity (Wildman–Crippen MR) is 495 cm³/mol. The maximum Gasteiger partial charge on any atom is 0.140 e. The van der Waals surface area contributed by atoms with Crippen molar-refractivity contribution in [3.8, 4) is 44.5 Å². The first-order valence-corrected chi connectivity index (χ1v) is 32.2. The molecule has 0 saturated heterocycles. The zero-order valence-electron chi connectivity index (χ0n) is 59.0. The first-order valence-electron chi connectivity index (χ1n) is 32.2. The lowest BCUT2D eigenvalue weighted by atomic mass is 9.54. The van der Waals surface area contributed by atoms with E-state index in [2.05, 4.69) is 251 Å². The van der Waals surface area contributed by atoms with Crippen LogP contribution in [0.1, 0.15) is 0 Å². The summed E-state index contributed by atoms with van der Waals surface area (Å²) in [6, 6.07) is 0. The lowest BCUT2D eigenvalue weighted by Crippen LogP contribution is -2.55. The molecule has 0 nitrogen and oxygen atoms in total. The number of rotatable bonds is 4. The van der Waals surface area contributed by atoms with Crippen molar-refractivity contribution in [1.29, 1.82) is 0 Å². The number of hydrogen-bond donors (Lipinski definition) is 0. The minimum atomic E-state index is 1.37. The van der Waals surface area contributed by atoms with E-state index in [1.807, 2.05) is 0 Å². The number of hydrogen-bond acceptors (Lipinski definition) is 0. The van der Waals surface area contributed by atoms with Gasteiger partial charge < -0.3 is 0 Å². The fraction of sp³-hybridized carbons (Fsp3) is 0. The summed E-state index contributed by atoms with van der Waals surface area (Å²) in [5.41, 5.74) is 56.0. The van der Waals surface area contributed by atoms with Crippen molar-refractivity contribution in [2.24, 2.45) is 0 Å². The molecule has 0 bridgehead atoms. The highest BCUT2D eigenvalue weighted by Crippen LogP contribution is 2.44. The maximum absolute atomic E-state index is 2.58. The number of benzene rings is 12. The van der Waals surface area contributed by atoms with E-state index in [0.717, 1.165) is 0 Å². The molecule has 0 saturated carbocycles. The molecule has 12 rings (SSSR count). The summed E-state index contributed by atoms with van der Waals surface area (Å²) < 4.78 is 0. The van der Waals surface area contributed by atoms with Gasteiger partial charge in [-0.05, 0) is 120 Å². The Morgan fingerprint density at radius 1 is 0.0698 bits per heavy atom. The van der Waals surface area contributed by atoms with Gasteiger partial charge in [-0.1, -0.05) is 131 Å². The van der Waals surface area contributed by atoms with Crippen LogP contribution in [0.25, 0.3) is 120 Å². The third-order valence-corrected chi connectivity index (χ3v) is 25.4. The zero-order chi connectivity index (χ0) is 63.2. The second-order valence-electron chi connectivity index (χ2n) is 28.2. The Labute approximate surface area is 541 Å². The fourth-order valence-electron chi connectivity index (χ4n) is 18.4. The quantitative estimate of drug-likeness (QED) is 0.122. The third kappa shape index (κ3) is 7.40. The standard InChI is InChI=1S/C54H64B32/c55-23-6(11-7-1-3-16(33(65)25(7)57)39(71)48(80)41(73)18(3)37(69)35(67)14(1)31(63)27(11)59)5(9-13-22(43(75)47(79)29(9)61)46(78)51(83)50(82)30(13)62)10(21-44(76)52(84)54(86)53(85)45(21)77)24(56)20(23)12-8-2-4-17(34(66)26(8)58)40(72)49(81)42(74)19(4)38(70)36(68)15(2)32(64)28(12)60/h55-86H2. The summed E-state index contributed by atoms with van der Waals surface area (Å²) in [5.74, 6) is 0. The van der Waals surface area contributed by atoms with Gasteiger partial charge in [-0.25, -0.2) is 0 Å². The Morgan fingerprint density at radius 2 is 0.198 bits per heavy atom. The summed E-state index contributed by atoms with van der Waals surface area (Å²) in [7, 11) is 77.9. The highest BCUT2D eigenvalue weighted by atomic mass is 14.3. The van der Waals surface area contributed by atoms with E-state index in [1.165, 1.54) is 295 Å². The molecule has 86 heavy (non-hydrogen) atoms. The minimum absolute atomic E-state index is 1.37. The summed E-state index contributed by atoms with van der Waals surface area (Å²) in [4.78, 5) is 0. The molecule has 0 unspecified atom stereocenters. The first-order chi connectivity index (χ1) is 40.1. The van der Waals surface area contributed by atoms with Crippen LogP contribution >= 0.6 is 0 Å². The molecule has 0 radical (unpaired) electrons. The van der Waals surface area contributed by atoms with Gasteiger partial charge in [-0.15, -0.1) is 43.7 Å². The molecule has 0 heterocycles. The molecule has 0 aromatic heterocycles. The Kier molecular flexibility index (Phi) is 14.5. The molecular weight excluding hydrogens is 995 g/mol. The molecule has 376 valence electrons. The largest absolute Gasteiger partial charge is 0.140 e. The average molecular weight is 1060 g/mol. The SMILES string of the molecule is Bc1c(B)c(B)c(-c2c(B)c(-c3c(B)c(B)c4c(B)c(B)c5c(B)c(B)c(B)c6c(B)c(B)c3c4c56)c(B)c(-c3c(B)c(B)c4c(B)c(B)c5c(B)c(B)c(B)c6c(B)c(B)c3c4c56)c2-c2c(B)c(B)c(B)c3c(B)c(B)c(B)c(B)c23)c(B)c1B. The van der Waals surface area contributed by atoms with Crippen molar-refractivity contribution in [3.63, 3.8) is 0 Å². The van der Waals surface area contributed by atoms with Gasteiger partial charge in [0.1, 0.15) is 251 Å². The summed E-state index contributed by atoms with van der Waals surface area (Å²) in [6.07, 6.45) is 0. The Bertz CT molecular complexity index is 5210. The molecule has 0 aliphatic heterocycles. The van der Waals surface area contributed by atoms with E-state index >= 15 is 0 Å². The van der Waals surface area contributed by atoms with E-state index < -0.39 is 0 Å². The van der Waals surface area contributed by atoms with Crippen molar-refractivity contribution in [2.45, 2.75) is 0 Å². The van der Waals surface area contributed by atoms with Gasteiger partial charge >= 0.3 is 0 Å². The summed E-state index contributed by atoms with van der Waals surface area (Å²) in [5, 5.41) is 20.2. The lowest BCUT2D eigenvalue weighted by Gasteiger charge is -2.35. The van der Waals surface area contributed by atoms with E-state index in [4.69, 9.17) is 0 Å². The summed E-state index contributed by atoms with van der Waals surface area (Å²) >= 11 is 0. The third-order valence-electron chi connectivity index (χ3n) is 25.4. The molecule has 0 spiro atoms. The molecule has 0 atom stereocenters. The molecular formula is C54H64B32. The van der Waals surface area contributed by atoms with Crippen LogP contribution in [0, 0.1) is 0 Å². The second-order valence-corrected chi connectivity index (χ2v) is 28.2. The molecule has 32 heteroatoms. The van der Waals surface area contributed by atoms with E-state index in [-0.39, 0.29) is 0 Å². The Hall–Kier alpha value is -4.94. The van der Waals surface area contributed by atoms with Gasteiger partial charge in [0.15, 0.2) is 0 Å². The molecule has 0 aliphatic carbocycles. The average Bonchev–Trinajstić information content (AvgIpc) is 0.693. The lowest BCUT2D eigenvalue weighted by molar-refractivity contribution is 1.72. The van der Waals surface area contributed by atoms with E-state index in [0.29, 0.717) is 0 Å². The van der Waals surface area contributed by atoms with Crippen LogP contribution in [0.2, 0.25) is 0 Å². The van der Waals surface area contributed by atoms with Crippen LogP contribution in [0.15, 0.2) is 0 Å². The van der Waals surface area contributed by atoms with E-state index in [9.17, 15) is 0 Å². The Balaban J connectivity index is 1.51. The van der Waals surface area contributed by atoms with E-state index in [1.54, 1.807) is 0 Å². The van der Waals surface area contributed by atoms with Crippen molar-refractivity contribution in [2.75, 3.05) is 0 Å². The van der Waals surface area contributed by atoms with Crippen LogP contribution in [-0.4, -0.2) is 251 Å². The van der Waals surface area contributed by atoms with Gasteiger partial charge in [0.05, 0.1) is 0 Å². The summed E-state index contributed by atoms with van der Waals surface area (Å²) in [6.45, 7) is 0. The Morgan fingerprint density at radius 3 is 0.523 bits per heavy atom. The van der Waals surface area contributed by atoms with Crippen LogP contribution in [0.4, 0.5) is 0 Å². The fourth-order valence-corrected chi connectivity index (χ4v) is 18.4. The van der Waals surface area contributed by atoms with Gasteiger partial charge in [0.2, 0.25) is 0 Å². The van der Waals surface area contributed by atoms with Crippen molar-refractivity contribution in [1.82, 2.24) is 0 Å². The second kappa shape index (κ2) is 20.3. The topological polar surface area (TPSA) is 0 Å².